The van der Waals surface area contributed by atoms with Gasteiger partial charge in [0.05, 0.1) is 71.0 Å². The minimum atomic E-state index is -0.440. The van der Waals surface area contributed by atoms with Gasteiger partial charge in [-0.15, -0.1) is 9.36 Å². The van der Waals surface area contributed by atoms with Crippen LogP contribution in [0.25, 0.3) is 44.6 Å². The molecule has 3 atom stereocenters. The van der Waals surface area contributed by atoms with E-state index in [0.29, 0.717) is 132 Å². The van der Waals surface area contributed by atoms with E-state index >= 15 is 0 Å². The Morgan fingerprint density at radius 2 is 1.30 bits per heavy atom. The van der Waals surface area contributed by atoms with E-state index in [1.54, 1.807) is 23.0 Å². The van der Waals surface area contributed by atoms with E-state index in [0.717, 1.165) is 71.9 Å². The maximum Gasteiger partial charge on any atom is 0.319 e. The molecule has 5 aliphatic rings. The third kappa shape index (κ3) is 11.3. The fourth-order valence-corrected chi connectivity index (χ4v) is 12.2. The Kier molecular flexibility index (Phi) is 14.2. The molecule has 3 saturated carbocycles. The molecule has 2 aliphatic heterocycles. The summed E-state index contributed by atoms with van der Waals surface area (Å²) in [6, 6.07) is 19.3. The van der Waals surface area contributed by atoms with Crippen LogP contribution in [-0.2, 0) is 33.7 Å². The summed E-state index contributed by atoms with van der Waals surface area (Å²) >= 11 is 0. The van der Waals surface area contributed by atoms with E-state index < -0.39 is 5.54 Å². The number of aromatic nitrogens is 10. The number of pyridine rings is 2. The van der Waals surface area contributed by atoms with Crippen LogP contribution in [0.4, 0.5) is 28.1 Å². The van der Waals surface area contributed by atoms with E-state index in [2.05, 4.69) is 94.4 Å². The first-order chi connectivity index (χ1) is 40.1. The Morgan fingerprint density at radius 3 is 1.93 bits per heavy atom. The number of hydrogen-bond acceptors (Lipinski definition) is 12. The highest BCUT2D eigenvalue weighted by atomic mass is 16.5. The highest BCUT2D eigenvalue weighted by Crippen LogP contribution is 2.43. The molecule has 0 spiro atoms. The number of ether oxygens (including phenoxy) is 2. The number of fused-ring (bicyclic) bond motifs is 14. The molecule has 4 amide bonds. The minimum absolute atomic E-state index is 0.228. The average molecular weight is 1120 g/mol. The number of likely N-dealkylation sites (N-methyl/N-ethyl adjacent to an activating group) is 1. The Balaban J connectivity index is 0.778. The molecule has 0 saturated heterocycles. The molecule has 0 radical (unpaired) electrons. The van der Waals surface area contributed by atoms with Crippen molar-refractivity contribution in [1.29, 1.82) is 0 Å². The Morgan fingerprint density at radius 1 is 0.699 bits per heavy atom. The van der Waals surface area contributed by atoms with Crippen LogP contribution in [-0.4, -0.2) is 112 Å². The fourth-order valence-electron chi connectivity index (χ4n) is 12.2. The number of urea groups is 1. The first kappa shape index (κ1) is 53.9. The number of nitrogens with one attached hydrogen (secondary N) is 5. The molecule has 3 aliphatic carbocycles. The van der Waals surface area contributed by atoms with Crippen LogP contribution in [0.1, 0.15) is 103 Å². The van der Waals surface area contributed by atoms with Crippen LogP contribution in [0.15, 0.2) is 73.1 Å². The van der Waals surface area contributed by atoms with Crippen LogP contribution in [0.5, 0.6) is 11.8 Å². The first-order valence-corrected chi connectivity index (χ1v) is 29.6. The average Bonchev–Trinajstić information content (AvgIpc) is 4.60. The van der Waals surface area contributed by atoms with Crippen LogP contribution >= 0.6 is 0 Å². The number of rotatable bonds is 10. The molecule has 21 nitrogen and oxygen atoms in total. The minimum Gasteiger partial charge on any atom is -0.477 e. The summed E-state index contributed by atoms with van der Waals surface area (Å²) in [7, 11) is 8.11. The summed E-state index contributed by atoms with van der Waals surface area (Å²) in [5, 5.41) is 20.7. The number of amides is 4. The molecule has 1 unspecified atom stereocenters. The maximum atomic E-state index is 14.5. The number of aryl methyl sites for hydroxylation is 3. The van der Waals surface area contributed by atoms with Gasteiger partial charge in [0.2, 0.25) is 24.0 Å². The number of carbonyl (C=O) groups is 3. The molecule has 8 aromatic rings. The van der Waals surface area contributed by atoms with Gasteiger partial charge in [-0.05, 0) is 183 Å². The molecular formula is C62H75N16O5+. The van der Waals surface area contributed by atoms with Gasteiger partial charge in [-0.25, -0.2) is 19.4 Å². The van der Waals surface area contributed by atoms with E-state index in [9.17, 15) is 14.4 Å². The zero-order valence-corrected chi connectivity index (χ0v) is 48.6. The number of hydrogen-bond donors (Lipinski definition) is 5. The molecular weight excluding hydrogens is 1050 g/mol. The molecule has 4 bridgehead atoms. The maximum absolute atomic E-state index is 14.5. The largest absolute Gasteiger partial charge is 0.477 e. The molecule has 8 heterocycles. The summed E-state index contributed by atoms with van der Waals surface area (Å²) in [6.07, 6.45) is 14.2. The van der Waals surface area contributed by atoms with E-state index in [1.165, 1.54) is 25.7 Å². The lowest BCUT2D eigenvalue weighted by Gasteiger charge is -2.34. The van der Waals surface area contributed by atoms with Gasteiger partial charge in [0, 0.05) is 66.6 Å². The van der Waals surface area contributed by atoms with Gasteiger partial charge in [-0.2, -0.15) is 5.10 Å². The standard InChI is InChI=1S/C62H74N16O5/c1-36-24-42-26-50(65-36)47-30-64-74(6)57(47)82-22-8-10-41(39-14-15-39)32-78-54-29-45(18-20-49(54)69-59(78)71-55(42)79)63-34-62(3,73(4)5)35-76-33-48-51-27-43(25-37(2)66-51)56(80)72-60-70-52-28-46(68-61(81)67-44-16-17-44)19-21-53(52)77(60)31-40(38-12-13-38)11-9-23-83-58(48)75(76)7/h18-21,24-30,33,38-41,44H,8-17,22-23,31-32,34-35H2,1-7H3,(H4-,63,65,66,67,68,69,70,71,72,79,80,81)/p+1/t40-,41-,62?/m1/s1. The normalized spacial score (nSPS) is 19.5. The molecule has 3 fully saturated rings. The van der Waals surface area contributed by atoms with E-state index in [-0.39, 0.29) is 23.9 Å². The van der Waals surface area contributed by atoms with Gasteiger partial charge in [-0.3, -0.25) is 35.1 Å². The fraction of sp³-hybridized carbons (Fsp3) is 0.468. The lowest BCUT2D eigenvalue weighted by molar-refractivity contribution is -0.780. The van der Waals surface area contributed by atoms with E-state index in [1.807, 2.05) is 64.3 Å². The second-order valence-electron chi connectivity index (χ2n) is 24.4. The van der Waals surface area contributed by atoms with Crippen molar-refractivity contribution in [3.63, 3.8) is 0 Å². The molecule has 432 valence electrons. The lowest BCUT2D eigenvalue weighted by Crippen LogP contribution is -2.59. The van der Waals surface area contributed by atoms with Gasteiger partial charge in [0.25, 0.3) is 17.7 Å². The molecule has 13 rings (SSSR count). The molecule has 2 aromatic carbocycles. The monoisotopic (exact) mass is 1120 g/mol. The van der Waals surface area contributed by atoms with Gasteiger partial charge in [0.15, 0.2) is 6.54 Å². The molecule has 83 heavy (non-hydrogen) atoms. The third-order valence-electron chi connectivity index (χ3n) is 17.8. The van der Waals surface area contributed by atoms with Crippen molar-refractivity contribution in [2.75, 3.05) is 55.1 Å². The van der Waals surface area contributed by atoms with Crippen LogP contribution in [0.3, 0.4) is 0 Å². The number of benzene rings is 2. The van der Waals surface area contributed by atoms with Crippen LogP contribution in [0.2, 0.25) is 0 Å². The van der Waals surface area contributed by atoms with E-state index in [4.69, 9.17) is 29.4 Å². The molecule has 6 aromatic heterocycles. The number of imidazole rings is 2. The summed E-state index contributed by atoms with van der Waals surface area (Å²) in [4.78, 5) is 63.6. The zero-order chi connectivity index (χ0) is 57.3. The van der Waals surface area contributed by atoms with Crippen molar-refractivity contribution in [2.45, 2.75) is 116 Å². The Hall–Kier alpha value is -8.33. The van der Waals surface area contributed by atoms with Crippen molar-refractivity contribution >= 4 is 63.2 Å². The second-order valence-corrected chi connectivity index (χ2v) is 24.4. The predicted molar refractivity (Wildman–Crippen MR) is 318 cm³/mol. The predicted octanol–water partition coefficient (Wildman–Crippen LogP) is 9.10. The summed E-state index contributed by atoms with van der Waals surface area (Å²) < 4.78 is 23.6. The van der Waals surface area contributed by atoms with Gasteiger partial charge < -0.3 is 34.6 Å². The summed E-state index contributed by atoms with van der Waals surface area (Å²) in [6.45, 7) is 9.63. The van der Waals surface area contributed by atoms with Gasteiger partial charge >= 0.3 is 6.03 Å². The van der Waals surface area contributed by atoms with Crippen LogP contribution in [0, 0.1) is 37.5 Å². The number of anilines is 4. The van der Waals surface area contributed by atoms with Crippen molar-refractivity contribution < 1.29 is 28.5 Å². The Bertz CT molecular complexity index is 3820. The topological polar surface area (TPSA) is 221 Å². The van der Waals surface area contributed by atoms with Gasteiger partial charge in [0.1, 0.15) is 5.56 Å². The van der Waals surface area contributed by atoms with Crippen molar-refractivity contribution in [1.82, 2.24) is 53.7 Å². The van der Waals surface area contributed by atoms with Crippen molar-refractivity contribution in [3.05, 3.63) is 95.6 Å². The number of carbonyl (C=O) groups excluding carboxylic acids is 3. The smallest absolute Gasteiger partial charge is 0.319 e. The Labute approximate surface area is 482 Å². The highest BCUT2D eigenvalue weighted by Gasteiger charge is 2.38. The van der Waals surface area contributed by atoms with Crippen molar-refractivity contribution in [3.8, 4) is 34.3 Å². The zero-order valence-electron chi connectivity index (χ0n) is 48.6. The van der Waals surface area contributed by atoms with Gasteiger partial charge in [-0.1, -0.05) is 0 Å². The third-order valence-corrected chi connectivity index (χ3v) is 17.8. The summed E-state index contributed by atoms with van der Waals surface area (Å²) in [5.41, 5.74) is 9.62. The second kappa shape index (κ2) is 21.8. The number of nitrogens with zero attached hydrogens (tertiary/aromatic N) is 11. The lowest BCUT2D eigenvalue weighted by atomic mass is 9.97. The van der Waals surface area contributed by atoms with Crippen molar-refractivity contribution in [2.24, 2.45) is 37.8 Å². The molecule has 5 N–H and O–H groups in total. The first-order valence-electron chi connectivity index (χ1n) is 29.6. The summed E-state index contributed by atoms with van der Waals surface area (Å²) in [5.74, 6) is 3.64. The SMILES string of the molecule is Cc1cc2cc(n1)-c1cnn(C)c1OCCC[C@@H](C1CC1)Cn1c(nc3ccc(NCC(C)(C[n+]4cc5c(n4C)OCCC[C@@H](C4CC4)Cn4c(nc6cc(NC(=O)NC7CC7)ccc64)NC(=O)c4cc(C)nc-5c4)N(C)C)cc31)NC2=O. The van der Waals surface area contributed by atoms with Crippen LogP contribution < -0.4 is 40.7 Å². The highest BCUT2D eigenvalue weighted by molar-refractivity contribution is 6.06. The molecule has 21 heteroatoms. The quantitative estimate of drug-likeness (QED) is 0.0810.